The number of fused-ring (bicyclic) bond motifs is 1. The maximum absolute atomic E-state index is 12.9. The summed E-state index contributed by atoms with van der Waals surface area (Å²) in [4.78, 5) is 30.2. The van der Waals surface area contributed by atoms with Crippen LogP contribution in [0.2, 0.25) is 0 Å². The topological polar surface area (TPSA) is 85.2 Å². The number of amides is 2. The van der Waals surface area contributed by atoms with Crippen molar-refractivity contribution in [2.45, 2.75) is 46.8 Å². The van der Waals surface area contributed by atoms with Crippen molar-refractivity contribution in [3.8, 4) is 5.75 Å². The van der Waals surface area contributed by atoms with Crippen molar-refractivity contribution in [1.29, 1.82) is 0 Å². The Balaban J connectivity index is 1.67. The Kier molecular flexibility index (Phi) is 7.28. The van der Waals surface area contributed by atoms with E-state index in [1.807, 2.05) is 52.0 Å². The number of aryl methyl sites for hydroxylation is 1. The predicted octanol–water partition coefficient (Wildman–Crippen LogP) is 3.53. The van der Waals surface area contributed by atoms with Crippen LogP contribution in [0.5, 0.6) is 5.75 Å². The molecule has 2 amide bonds. The van der Waals surface area contributed by atoms with E-state index in [0.717, 1.165) is 23.4 Å². The van der Waals surface area contributed by atoms with Crippen LogP contribution in [0.4, 0.5) is 0 Å². The summed E-state index contributed by atoms with van der Waals surface area (Å²) in [5.74, 6) is 0.895. The molecule has 3 aromatic rings. The number of aromatic nitrogens is 2. The number of carbonyl (C=O) groups is 2. The lowest BCUT2D eigenvalue weighted by molar-refractivity contribution is -0.124. The van der Waals surface area contributed by atoms with E-state index < -0.39 is 6.04 Å². The van der Waals surface area contributed by atoms with Crippen LogP contribution < -0.4 is 15.4 Å². The molecule has 7 heteroatoms. The van der Waals surface area contributed by atoms with Gasteiger partial charge in [-0.2, -0.15) is 0 Å². The zero-order valence-corrected chi connectivity index (χ0v) is 18.5. The van der Waals surface area contributed by atoms with Crippen LogP contribution in [0.25, 0.3) is 11.0 Å². The molecule has 0 saturated heterocycles. The van der Waals surface area contributed by atoms with Gasteiger partial charge in [-0.05, 0) is 56.2 Å². The highest BCUT2D eigenvalue weighted by Gasteiger charge is 2.25. The molecule has 2 aromatic carbocycles. The molecule has 3 rings (SSSR count). The average Bonchev–Trinajstić information content (AvgIpc) is 3.13. The summed E-state index contributed by atoms with van der Waals surface area (Å²) in [6.07, 6.45) is 0. The number of benzene rings is 2. The summed E-state index contributed by atoms with van der Waals surface area (Å²) in [5, 5.41) is 5.80. The largest absolute Gasteiger partial charge is 0.494 e. The minimum absolute atomic E-state index is 0.0726. The molecule has 0 aliphatic heterocycles. The third kappa shape index (κ3) is 5.23. The lowest BCUT2D eigenvalue weighted by atomic mass is 10.0. The quantitative estimate of drug-likeness (QED) is 0.552. The van der Waals surface area contributed by atoms with E-state index in [4.69, 9.17) is 4.74 Å². The van der Waals surface area contributed by atoms with E-state index in [1.165, 1.54) is 0 Å². The minimum Gasteiger partial charge on any atom is -0.494 e. The molecule has 1 atom stereocenters. The highest BCUT2D eigenvalue weighted by atomic mass is 16.5. The Morgan fingerprint density at radius 3 is 2.42 bits per heavy atom. The lowest BCUT2D eigenvalue weighted by Gasteiger charge is -2.22. The first-order valence-corrected chi connectivity index (χ1v) is 10.7. The van der Waals surface area contributed by atoms with E-state index in [0.29, 0.717) is 24.5 Å². The Morgan fingerprint density at radius 2 is 1.77 bits per heavy atom. The van der Waals surface area contributed by atoms with Gasteiger partial charge in [0.15, 0.2) is 0 Å². The summed E-state index contributed by atoms with van der Waals surface area (Å²) in [6, 6.07) is 14.1. The number of rotatable bonds is 9. The number of para-hydroxylation sites is 2. The van der Waals surface area contributed by atoms with Gasteiger partial charge in [0.2, 0.25) is 5.91 Å². The van der Waals surface area contributed by atoms with Gasteiger partial charge in [-0.1, -0.05) is 26.0 Å². The fourth-order valence-corrected chi connectivity index (χ4v) is 3.52. The summed E-state index contributed by atoms with van der Waals surface area (Å²) in [6.45, 7) is 9.38. The molecule has 1 unspecified atom stereocenters. The fraction of sp³-hybridized carbons (Fsp3) is 0.375. The Hall–Kier alpha value is -3.35. The molecule has 1 aromatic heterocycles. The van der Waals surface area contributed by atoms with Crippen molar-refractivity contribution in [3.63, 3.8) is 0 Å². The van der Waals surface area contributed by atoms with Crippen molar-refractivity contribution < 1.29 is 14.3 Å². The first kappa shape index (κ1) is 22.3. The average molecular weight is 423 g/mol. The standard InChI is InChI=1S/C24H30N4O3/c1-5-28-20-10-8-7-9-19(20)26-21(28)15-25-24(30)22(16(3)4)27-23(29)17-11-13-18(14-12-17)31-6-2/h7-14,16,22H,5-6,15H2,1-4H3,(H,25,30)(H,27,29). The van der Waals surface area contributed by atoms with Gasteiger partial charge < -0.3 is 19.9 Å². The SMILES string of the molecule is CCOc1ccc(C(=O)NC(C(=O)NCc2nc3ccccc3n2CC)C(C)C)cc1. The molecule has 0 aliphatic rings. The molecule has 0 fully saturated rings. The second-order valence-electron chi connectivity index (χ2n) is 7.63. The zero-order valence-electron chi connectivity index (χ0n) is 18.5. The van der Waals surface area contributed by atoms with Crippen molar-refractivity contribution in [2.24, 2.45) is 5.92 Å². The fourth-order valence-electron chi connectivity index (χ4n) is 3.52. The van der Waals surface area contributed by atoms with E-state index in [-0.39, 0.29) is 17.7 Å². The molecule has 0 spiro atoms. The Labute approximate surface area is 182 Å². The third-order valence-electron chi connectivity index (χ3n) is 5.13. The van der Waals surface area contributed by atoms with Crippen LogP contribution in [-0.4, -0.2) is 34.0 Å². The number of hydrogen-bond donors (Lipinski definition) is 2. The molecular formula is C24H30N4O3. The van der Waals surface area contributed by atoms with Crippen LogP contribution in [0.1, 0.15) is 43.9 Å². The summed E-state index contributed by atoms with van der Waals surface area (Å²) in [7, 11) is 0. The lowest BCUT2D eigenvalue weighted by Crippen LogP contribution is -2.49. The smallest absolute Gasteiger partial charge is 0.251 e. The van der Waals surface area contributed by atoms with Gasteiger partial charge in [0.25, 0.3) is 5.91 Å². The molecule has 31 heavy (non-hydrogen) atoms. The number of nitrogens with zero attached hydrogens (tertiary/aromatic N) is 2. The summed E-state index contributed by atoms with van der Waals surface area (Å²) < 4.78 is 7.49. The highest BCUT2D eigenvalue weighted by Crippen LogP contribution is 2.16. The van der Waals surface area contributed by atoms with E-state index >= 15 is 0 Å². The van der Waals surface area contributed by atoms with Crippen LogP contribution in [0.3, 0.4) is 0 Å². The summed E-state index contributed by atoms with van der Waals surface area (Å²) in [5.41, 5.74) is 2.42. The molecule has 0 aliphatic carbocycles. The molecule has 2 N–H and O–H groups in total. The van der Waals surface area contributed by atoms with Gasteiger partial charge in [-0.25, -0.2) is 4.98 Å². The van der Waals surface area contributed by atoms with Crippen molar-refractivity contribution in [2.75, 3.05) is 6.61 Å². The van der Waals surface area contributed by atoms with Gasteiger partial charge in [-0.3, -0.25) is 9.59 Å². The highest BCUT2D eigenvalue weighted by molar-refractivity contribution is 5.97. The normalized spacial score (nSPS) is 12.0. The zero-order chi connectivity index (χ0) is 22.4. The van der Waals surface area contributed by atoms with Crippen LogP contribution >= 0.6 is 0 Å². The molecule has 7 nitrogen and oxygen atoms in total. The van der Waals surface area contributed by atoms with Gasteiger partial charge in [0.05, 0.1) is 24.2 Å². The van der Waals surface area contributed by atoms with E-state index in [1.54, 1.807) is 24.3 Å². The molecule has 0 saturated carbocycles. The maximum atomic E-state index is 12.9. The predicted molar refractivity (Wildman–Crippen MR) is 121 cm³/mol. The molecule has 0 bridgehead atoms. The van der Waals surface area contributed by atoms with E-state index in [9.17, 15) is 9.59 Å². The first-order chi connectivity index (χ1) is 14.9. The van der Waals surface area contributed by atoms with Gasteiger partial charge >= 0.3 is 0 Å². The minimum atomic E-state index is -0.654. The number of imidazole rings is 1. The van der Waals surface area contributed by atoms with Crippen molar-refractivity contribution >= 4 is 22.8 Å². The maximum Gasteiger partial charge on any atom is 0.251 e. The third-order valence-corrected chi connectivity index (χ3v) is 5.13. The van der Waals surface area contributed by atoms with Crippen LogP contribution in [0.15, 0.2) is 48.5 Å². The number of carbonyl (C=O) groups excluding carboxylic acids is 2. The molecule has 0 radical (unpaired) electrons. The summed E-state index contributed by atoms with van der Waals surface area (Å²) >= 11 is 0. The van der Waals surface area contributed by atoms with Crippen molar-refractivity contribution in [3.05, 3.63) is 59.9 Å². The van der Waals surface area contributed by atoms with E-state index in [2.05, 4.69) is 20.2 Å². The first-order valence-electron chi connectivity index (χ1n) is 10.7. The second-order valence-corrected chi connectivity index (χ2v) is 7.63. The molecular weight excluding hydrogens is 392 g/mol. The van der Waals surface area contributed by atoms with Gasteiger partial charge in [0, 0.05) is 12.1 Å². The number of nitrogens with one attached hydrogen (secondary N) is 2. The number of hydrogen-bond acceptors (Lipinski definition) is 4. The van der Waals surface area contributed by atoms with Crippen LogP contribution in [-0.2, 0) is 17.9 Å². The van der Waals surface area contributed by atoms with Gasteiger partial charge in [-0.15, -0.1) is 0 Å². The van der Waals surface area contributed by atoms with Gasteiger partial charge in [0.1, 0.15) is 17.6 Å². The second kappa shape index (κ2) is 10.1. The number of ether oxygens (including phenoxy) is 1. The van der Waals surface area contributed by atoms with Crippen molar-refractivity contribution in [1.82, 2.24) is 20.2 Å². The Bertz CT molecular complexity index is 1040. The molecule has 1 heterocycles. The molecule has 164 valence electrons. The van der Waals surface area contributed by atoms with Crippen LogP contribution in [0, 0.1) is 5.92 Å². The monoisotopic (exact) mass is 422 g/mol. The Morgan fingerprint density at radius 1 is 1.06 bits per heavy atom.